The van der Waals surface area contributed by atoms with E-state index in [-0.39, 0.29) is 29.4 Å². The van der Waals surface area contributed by atoms with Gasteiger partial charge < -0.3 is 10.1 Å². The fraction of sp³-hybridized carbons (Fsp3) is 0.588. The Hall–Kier alpha value is -1.56. The summed E-state index contributed by atoms with van der Waals surface area (Å²) in [6.45, 7) is 0.429. The van der Waals surface area contributed by atoms with Crippen molar-refractivity contribution < 1.29 is 17.9 Å². The molecular weight excluding hydrogens is 314 g/mol. The lowest BCUT2D eigenvalue weighted by Crippen LogP contribution is -2.43. The first-order valence-corrected chi connectivity index (χ1v) is 9.98. The van der Waals surface area contributed by atoms with Gasteiger partial charge in [0.2, 0.25) is 5.91 Å². The minimum Gasteiger partial charge on any atom is -0.491 e. The van der Waals surface area contributed by atoms with Crippen LogP contribution in [0.4, 0.5) is 0 Å². The summed E-state index contributed by atoms with van der Waals surface area (Å²) in [5.74, 6) is 0.606. The lowest BCUT2D eigenvalue weighted by molar-refractivity contribution is -0.121. The van der Waals surface area contributed by atoms with Crippen molar-refractivity contribution in [2.24, 2.45) is 0 Å². The fourth-order valence-corrected chi connectivity index (χ4v) is 5.22. The molecule has 126 valence electrons. The number of fused-ring (bicyclic) bond motifs is 1. The van der Waals surface area contributed by atoms with Crippen LogP contribution in [0.1, 0.15) is 37.7 Å². The highest BCUT2D eigenvalue weighted by molar-refractivity contribution is 7.92. The zero-order chi connectivity index (χ0) is 16.3. The summed E-state index contributed by atoms with van der Waals surface area (Å²) < 4.78 is 30.0. The third-order valence-corrected chi connectivity index (χ3v) is 6.93. The highest BCUT2D eigenvalue weighted by Crippen LogP contribution is 2.26. The monoisotopic (exact) mass is 337 g/mol. The first-order valence-electron chi connectivity index (χ1n) is 8.26. The van der Waals surface area contributed by atoms with Gasteiger partial charge in [0, 0.05) is 6.42 Å². The van der Waals surface area contributed by atoms with Gasteiger partial charge in [-0.15, -0.1) is 0 Å². The molecule has 1 N–H and O–H groups in total. The molecule has 23 heavy (non-hydrogen) atoms. The number of rotatable bonds is 5. The Labute approximate surface area is 137 Å². The van der Waals surface area contributed by atoms with Crippen molar-refractivity contribution >= 4 is 15.7 Å². The highest BCUT2D eigenvalue weighted by atomic mass is 32.2. The quantitative estimate of drug-likeness (QED) is 0.890. The van der Waals surface area contributed by atoms with Gasteiger partial charge in [-0.2, -0.15) is 0 Å². The van der Waals surface area contributed by atoms with Crippen molar-refractivity contribution in [2.75, 3.05) is 12.4 Å². The standard InChI is InChI=1S/C17H23NO4S/c19-17(9-10-23(20,21)15-6-2-3-7-15)18-14-11-13-5-1-4-8-16(13)22-12-14/h1,4-5,8,14-15H,2-3,6-7,9-12H2,(H,18,19). The molecule has 6 heteroatoms. The highest BCUT2D eigenvalue weighted by Gasteiger charge is 2.29. The first kappa shape index (κ1) is 16.3. The number of benzene rings is 1. The molecule has 2 aliphatic rings. The summed E-state index contributed by atoms with van der Waals surface area (Å²) >= 11 is 0. The molecule has 1 saturated carbocycles. The summed E-state index contributed by atoms with van der Waals surface area (Å²) in [5, 5.41) is 2.66. The first-order chi connectivity index (χ1) is 11.0. The number of hydrogen-bond acceptors (Lipinski definition) is 4. The van der Waals surface area contributed by atoms with E-state index in [1.165, 1.54) is 0 Å². The van der Waals surface area contributed by atoms with E-state index in [1.54, 1.807) is 0 Å². The minimum absolute atomic E-state index is 0.0387. The molecular formula is C17H23NO4S. The van der Waals surface area contributed by atoms with Crippen molar-refractivity contribution in [1.29, 1.82) is 0 Å². The van der Waals surface area contributed by atoms with Crippen LogP contribution in [0.25, 0.3) is 0 Å². The summed E-state index contributed by atoms with van der Waals surface area (Å²) in [4.78, 5) is 12.1. The predicted octanol–water partition coefficient (Wildman–Crippen LogP) is 1.85. The van der Waals surface area contributed by atoms with Crippen LogP contribution in [0.15, 0.2) is 24.3 Å². The third kappa shape index (κ3) is 4.05. The SMILES string of the molecule is O=C(CCS(=O)(=O)C1CCCC1)NC1COc2ccccc2C1. The molecule has 0 saturated heterocycles. The molecule has 3 rings (SSSR count). The number of amides is 1. The van der Waals surface area contributed by atoms with E-state index in [2.05, 4.69) is 5.32 Å². The van der Waals surface area contributed by atoms with Crippen molar-refractivity contribution in [1.82, 2.24) is 5.32 Å². The van der Waals surface area contributed by atoms with Gasteiger partial charge in [0.1, 0.15) is 12.4 Å². The van der Waals surface area contributed by atoms with Crippen LogP contribution in [0.5, 0.6) is 5.75 Å². The van der Waals surface area contributed by atoms with E-state index in [4.69, 9.17) is 4.74 Å². The zero-order valence-electron chi connectivity index (χ0n) is 13.2. The minimum atomic E-state index is -3.14. The van der Waals surface area contributed by atoms with Crippen LogP contribution in [0.3, 0.4) is 0 Å². The Kier molecular flexibility index (Phi) is 4.90. The number of para-hydroxylation sites is 1. The van der Waals surface area contributed by atoms with E-state index in [0.717, 1.165) is 43.4 Å². The second kappa shape index (κ2) is 6.91. The molecule has 1 heterocycles. The lowest BCUT2D eigenvalue weighted by atomic mass is 10.0. The second-order valence-corrected chi connectivity index (χ2v) is 8.81. The molecule has 0 radical (unpaired) electrons. The van der Waals surface area contributed by atoms with E-state index >= 15 is 0 Å². The molecule has 0 aromatic heterocycles. The van der Waals surface area contributed by atoms with E-state index in [9.17, 15) is 13.2 Å². The van der Waals surface area contributed by atoms with E-state index in [0.29, 0.717) is 6.61 Å². The molecule has 5 nitrogen and oxygen atoms in total. The van der Waals surface area contributed by atoms with Crippen molar-refractivity contribution in [3.63, 3.8) is 0 Å². The van der Waals surface area contributed by atoms with Crippen LogP contribution in [0, 0.1) is 0 Å². The van der Waals surface area contributed by atoms with Crippen molar-refractivity contribution in [2.45, 2.75) is 49.8 Å². The molecule has 0 spiro atoms. The summed E-state index contributed by atoms with van der Waals surface area (Å²) in [6.07, 6.45) is 4.21. The predicted molar refractivity (Wildman–Crippen MR) is 88.2 cm³/mol. The van der Waals surface area contributed by atoms with Gasteiger partial charge in [-0.1, -0.05) is 31.0 Å². The normalized spacial score (nSPS) is 21.5. The molecule has 1 atom stereocenters. The zero-order valence-corrected chi connectivity index (χ0v) is 14.0. The van der Waals surface area contributed by atoms with Crippen LogP contribution in [-0.2, 0) is 21.1 Å². The van der Waals surface area contributed by atoms with Gasteiger partial charge >= 0.3 is 0 Å². The average Bonchev–Trinajstić information content (AvgIpc) is 3.08. The number of nitrogens with one attached hydrogen (secondary N) is 1. The average molecular weight is 337 g/mol. The largest absolute Gasteiger partial charge is 0.491 e. The molecule has 1 fully saturated rings. The number of carbonyl (C=O) groups is 1. The van der Waals surface area contributed by atoms with Crippen LogP contribution >= 0.6 is 0 Å². The molecule has 0 bridgehead atoms. The summed E-state index contributed by atoms with van der Waals surface area (Å²) in [5.41, 5.74) is 1.07. The molecule has 1 aromatic rings. The molecule has 1 unspecified atom stereocenters. The topological polar surface area (TPSA) is 72.5 Å². The van der Waals surface area contributed by atoms with Gasteiger partial charge in [-0.25, -0.2) is 8.42 Å². The Bertz CT molecular complexity index is 665. The molecule has 1 aromatic carbocycles. The Morgan fingerprint density at radius 3 is 2.74 bits per heavy atom. The van der Waals surface area contributed by atoms with Gasteiger partial charge in [0.25, 0.3) is 0 Å². The number of carbonyl (C=O) groups excluding carboxylic acids is 1. The van der Waals surface area contributed by atoms with Gasteiger partial charge in [0.05, 0.1) is 17.0 Å². The maximum absolute atomic E-state index is 12.2. The molecule has 1 aliphatic heterocycles. The van der Waals surface area contributed by atoms with Crippen molar-refractivity contribution in [3.05, 3.63) is 29.8 Å². The van der Waals surface area contributed by atoms with Gasteiger partial charge in [-0.3, -0.25) is 4.79 Å². The Balaban J connectivity index is 1.48. The number of ether oxygens (including phenoxy) is 1. The van der Waals surface area contributed by atoms with E-state index in [1.807, 2.05) is 24.3 Å². The second-order valence-electron chi connectivity index (χ2n) is 6.41. The molecule has 1 amide bonds. The Morgan fingerprint density at radius 2 is 1.96 bits per heavy atom. The maximum Gasteiger partial charge on any atom is 0.221 e. The summed E-state index contributed by atoms with van der Waals surface area (Å²) in [7, 11) is -3.14. The number of hydrogen-bond donors (Lipinski definition) is 1. The van der Waals surface area contributed by atoms with Crippen molar-refractivity contribution in [3.8, 4) is 5.75 Å². The lowest BCUT2D eigenvalue weighted by Gasteiger charge is -2.26. The van der Waals surface area contributed by atoms with Crippen LogP contribution in [-0.4, -0.2) is 38.0 Å². The Morgan fingerprint density at radius 1 is 1.22 bits per heavy atom. The van der Waals surface area contributed by atoms with Crippen LogP contribution in [0.2, 0.25) is 0 Å². The maximum atomic E-state index is 12.2. The van der Waals surface area contributed by atoms with Crippen LogP contribution < -0.4 is 10.1 Å². The fourth-order valence-electron chi connectivity index (χ4n) is 3.37. The van der Waals surface area contributed by atoms with Gasteiger partial charge in [0.15, 0.2) is 9.84 Å². The van der Waals surface area contributed by atoms with Gasteiger partial charge in [-0.05, 0) is 30.9 Å². The number of sulfone groups is 1. The smallest absolute Gasteiger partial charge is 0.221 e. The van der Waals surface area contributed by atoms with E-state index < -0.39 is 9.84 Å². The summed E-state index contributed by atoms with van der Waals surface area (Å²) in [6, 6.07) is 7.68. The third-order valence-electron chi connectivity index (χ3n) is 4.67. The molecule has 1 aliphatic carbocycles.